The van der Waals surface area contributed by atoms with Crippen molar-refractivity contribution < 1.29 is 23.1 Å². The van der Waals surface area contributed by atoms with Gasteiger partial charge in [-0.2, -0.15) is 18.3 Å². The van der Waals surface area contributed by atoms with Crippen LogP contribution in [-0.4, -0.2) is 40.0 Å². The lowest BCUT2D eigenvalue weighted by atomic mass is 10.2. The van der Waals surface area contributed by atoms with E-state index in [1.54, 1.807) is 5.32 Å². The molecule has 94 valence electrons. The molecule has 6 nitrogen and oxygen atoms in total. The number of aliphatic hydroxyl groups is 1. The van der Waals surface area contributed by atoms with E-state index in [0.717, 1.165) is 12.4 Å². The summed E-state index contributed by atoms with van der Waals surface area (Å²) in [5, 5.41) is 15.9. The molecule has 0 saturated carbocycles. The molecule has 1 amide bonds. The Balaban J connectivity index is 2.63. The van der Waals surface area contributed by atoms with Crippen LogP contribution in [-0.2, 0) is 0 Å². The molecule has 1 aromatic heterocycles. The van der Waals surface area contributed by atoms with E-state index in [2.05, 4.69) is 10.2 Å². The quantitative estimate of drug-likeness (QED) is 0.670. The third kappa shape index (κ3) is 3.55. The number of aromatic nitrogens is 2. The minimum absolute atomic E-state index is 0.380. The van der Waals surface area contributed by atoms with Crippen molar-refractivity contribution in [2.75, 3.05) is 6.54 Å². The van der Waals surface area contributed by atoms with Crippen LogP contribution < -0.4 is 10.7 Å². The number of rotatable bonds is 3. The van der Waals surface area contributed by atoms with E-state index in [0.29, 0.717) is 0 Å². The van der Waals surface area contributed by atoms with Gasteiger partial charge >= 0.3 is 6.18 Å². The fourth-order valence-corrected chi connectivity index (χ4v) is 0.916. The van der Waals surface area contributed by atoms with E-state index in [9.17, 15) is 22.8 Å². The van der Waals surface area contributed by atoms with Crippen molar-refractivity contribution >= 4 is 5.91 Å². The molecule has 1 aromatic rings. The number of amides is 1. The summed E-state index contributed by atoms with van der Waals surface area (Å²) in [6.07, 6.45) is -5.72. The van der Waals surface area contributed by atoms with Gasteiger partial charge in [0.2, 0.25) is 5.43 Å². The lowest BCUT2D eigenvalue weighted by molar-refractivity contribution is -0.201. The highest BCUT2D eigenvalue weighted by atomic mass is 19.4. The molecule has 1 atom stereocenters. The second-order valence-corrected chi connectivity index (χ2v) is 3.08. The van der Waals surface area contributed by atoms with Gasteiger partial charge in [-0.1, -0.05) is 0 Å². The number of aliphatic hydroxyl groups excluding tert-OH is 1. The van der Waals surface area contributed by atoms with Crippen LogP contribution in [0.25, 0.3) is 0 Å². The largest absolute Gasteiger partial charge is 0.416 e. The Morgan fingerprint density at radius 1 is 1.59 bits per heavy atom. The normalized spacial score (nSPS) is 13.2. The molecule has 17 heavy (non-hydrogen) atoms. The van der Waals surface area contributed by atoms with Crippen LogP contribution in [0, 0.1) is 0 Å². The molecule has 0 aromatic carbocycles. The van der Waals surface area contributed by atoms with Gasteiger partial charge in [-0.15, -0.1) is 0 Å². The summed E-state index contributed by atoms with van der Waals surface area (Å²) in [6.45, 7) is -1.02. The molecule has 0 aliphatic rings. The number of halogens is 3. The highest BCUT2D eigenvalue weighted by molar-refractivity contribution is 5.93. The SMILES string of the molecule is O=C(NC[C@H](O)C(F)(F)F)c1c[nH]ncc1=O. The van der Waals surface area contributed by atoms with Crippen LogP contribution in [0.5, 0.6) is 0 Å². The second-order valence-electron chi connectivity index (χ2n) is 3.08. The minimum atomic E-state index is -4.82. The summed E-state index contributed by atoms with van der Waals surface area (Å²) in [5.74, 6) is -1.02. The van der Waals surface area contributed by atoms with Crippen molar-refractivity contribution in [1.82, 2.24) is 15.5 Å². The van der Waals surface area contributed by atoms with Gasteiger partial charge in [-0.05, 0) is 0 Å². The number of carbonyl (C=O) groups is 1. The van der Waals surface area contributed by atoms with Crippen LogP contribution in [0.2, 0.25) is 0 Å². The number of H-pyrrole nitrogens is 1. The van der Waals surface area contributed by atoms with E-state index in [-0.39, 0.29) is 5.56 Å². The number of carbonyl (C=O) groups excluding carboxylic acids is 1. The van der Waals surface area contributed by atoms with Crippen LogP contribution in [0.1, 0.15) is 10.4 Å². The van der Waals surface area contributed by atoms with Gasteiger partial charge in [-0.3, -0.25) is 14.7 Å². The van der Waals surface area contributed by atoms with Crippen LogP contribution >= 0.6 is 0 Å². The van der Waals surface area contributed by atoms with E-state index in [1.165, 1.54) is 0 Å². The third-order valence-corrected chi connectivity index (χ3v) is 1.81. The minimum Gasteiger partial charge on any atom is -0.382 e. The number of alkyl halides is 3. The summed E-state index contributed by atoms with van der Waals surface area (Å²) in [5.41, 5.74) is -1.11. The van der Waals surface area contributed by atoms with Gasteiger partial charge in [-0.25, -0.2) is 0 Å². The van der Waals surface area contributed by atoms with E-state index in [1.807, 2.05) is 0 Å². The van der Waals surface area contributed by atoms with E-state index < -0.39 is 30.2 Å². The highest BCUT2D eigenvalue weighted by Crippen LogP contribution is 2.19. The molecule has 0 radical (unpaired) electrons. The number of nitrogens with one attached hydrogen (secondary N) is 2. The Morgan fingerprint density at radius 2 is 2.24 bits per heavy atom. The third-order valence-electron chi connectivity index (χ3n) is 1.81. The first kappa shape index (κ1) is 13.2. The zero-order chi connectivity index (χ0) is 13.1. The van der Waals surface area contributed by atoms with Crippen molar-refractivity contribution in [2.45, 2.75) is 12.3 Å². The monoisotopic (exact) mass is 251 g/mol. The van der Waals surface area contributed by atoms with Crippen LogP contribution in [0.4, 0.5) is 13.2 Å². The molecule has 9 heteroatoms. The topological polar surface area (TPSA) is 95.1 Å². The standard InChI is InChI=1S/C8H8F3N3O3/c9-8(10,11)6(16)3-12-7(17)4-1-13-14-2-5(4)15/h1-2,6,16H,3H2,(H,12,17)(H,13,15)/t6-/m0/s1. The zero-order valence-electron chi connectivity index (χ0n) is 8.28. The zero-order valence-corrected chi connectivity index (χ0v) is 8.28. The molecule has 1 rings (SSSR count). The smallest absolute Gasteiger partial charge is 0.382 e. The van der Waals surface area contributed by atoms with Gasteiger partial charge in [0.25, 0.3) is 5.91 Å². The summed E-state index contributed by atoms with van der Waals surface area (Å²) < 4.78 is 35.7. The first-order valence-corrected chi connectivity index (χ1v) is 4.38. The first-order valence-electron chi connectivity index (χ1n) is 4.38. The molecule has 0 fully saturated rings. The van der Waals surface area contributed by atoms with Crippen LogP contribution in [0.3, 0.4) is 0 Å². The lowest BCUT2D eigenvalue weighted by Gasteiger charge is -2.14. The molecule has 0 aliphatic heterocycles. The first-order chi connectivity index (χ1) is 7.82. The maximum atomic E-state index is 11.9. The Kier molecular flexibility index (Phi) is 3.84. The molecule has 0 saturated heterocycles. The Hall–Kier alpha value is -1.90. The molecular weight excluding hydrogens is 243 g/mol. The fraction of sp³-hybridized carbons (Fsp3) is 0.375. The maximum Gasteiger partial charge on any atom is 0.416 e. The summed E-state index contributed by atoms with van der Waals surface area (Å²) in [6, 6.07) is 0. The average molecular weight is 251 g/mol. The Labute approximate surface area is 92.5 Å². The molecule has 0 bridgehead atoms. The summed E-state index contributed by atoms with van der Waals surface area (Å²) in [4.78, 5) is 22.3. The maximum absolute atomic E-state index is 11.9. The molecule has 0 unspecified atom stereocenters. The highest BCUT2D eigenvalue weighted by Gasteiger charge is 2.38. The van der Waals surface area contributed by atoms with Crippen molar-refractivity contribution in [1.29, 1.82) is 0 Å². The molecule has 1 heterocycles. The number of nitrogens with zero attached hydrogens (tertiary/aromatic N) is 1. The summed E-state index contributed by atoms with van der Waals surface area (Å²) >= 11 is 0. The fourth-order valence-electron chi connectivity index (χ4n) is 0.916. The Bertz CT molecular complexity index is 457. The van der Waals surface area contributed by atoms with Crippen LogP contribution in [0.15, 0.2) is 17.2 Å². The molecular formula is C8H8F3N3O3. The number of hydrogen-bond acceptors (Lipinski definition) is 4. The van der Waals surface area contributed by atoms with Crippen molar-refractivity contribution in [3.8, 4) is 0 Å². The molecule has 3 N–H and O–H groups in total. The molecule has 0 spiro atoms. The van der Waals surface area contributed by atoms with Crippen molar-refractivity contribution in [2.24, 2.45) is 0 Å². The van der Waals surface area contributed by atoms with Gasteiger partial charge in [0.15, 0.2) is 6.10 Å². The Morgan fingerprint density at radius 3 is 2.76 bits per heavy atom. The van der Waals surface area contributed by atoms with Gasteiger partial charge < -0.3 is 10.4 Å². The van der Waals surface area contributed by atoms with Crippen molar-refractivity contribution in [3.05, 3.63) is 28.2 Å². The van der Waals surface area contributed by atoms with Gasteiger partial charge in [0.05, 0.1) is 12.7 Å². The summed E-state index contributed by atoms with van der Waals surface area (Å²) in [7, 11) is 0. The van der Waals surface area contributed by atoms with E-state index in [4.69, 9.17) is 5.11 Å². The predicted octanol–water partition coefficient (Wildman–Crippen LogP) is -0.577. The van der Waals surface area contributed by atoms with Gasteiger partial charge in [0, 0.05) is 6.20 Å². The lowest BCUT2D eigenvalue weighted by Crippen LogP contribution is -2.41. The van der Waals surface area contributed by atoms with Gasteiger partial charge in [0.1, 0.15) is 5.56 Å². The second kappa shape index (κ2) is 4.95. The number of aromatic amines is 1. The predicted molar refractivity (Wildman–Crippen MR) is 49.3 cm³/mol. The average Bonchev–Trinajstić information content (AvgIpc) is 2.24. The van der Waals surface area contributed by atoms with Crippen molar-refractivity contribution in [3.63, 3.8) is 0 Å². The number of hydrogen-bond donors (Lipinski definition) is 3. The van der Waals surface area contributed by atoms with E-state index >= 15 is 0 Å². The molecule has 0 aliphatic carbocycles.